The maximum absolute atomic E-state index is 10.9. The van der Waals surface area contributed by atoms with E-state index in [4.69, 9.17) is 22.2 Å². The smallest absolute Gasteiger partial charge is 0.233 e. The molecule has 1 aromatic rings. The van der Waals surface area contributed by atoms with Crippen LogP contribution in [0.4, 0.5) is 0 Å². The second-order valence-electron chi connectivity index (χ2n) is 4.60. The fourth-order valence-corrected chi connectivity index (χ4v) is 2.26. The number of benzene rings is 1. The first kappa shape index (κ1) is 15.8. The summed E-state index contributed by atoms with van der Waals surface area (Å²) >= 11 is 5.96. The molecule has 19 heavy (non-hydrogen) atoms. The molecule has 5 heteroatoms. The lowest BCUT2D eigenvalue weighted by Gasteiger charge is -2.12. The maximum atomic E-state index is 10.9. The SMILES string of the molecule is Cc1cc(Cl)cc(C)c1OCCCCCC(=O)NN. The Morgan fingerprint density at radius 1 is 1.26 bits per heavy atom. The van der Waals surface area contributed by atoms with E-state index in [0.29, 0.717) is 13.0 Å². The average Bonchev–Trinajstić information content (AvgIpc) is 2.35. The van der Waals surface area contributed by atoms with Gasteiger partial charge in [-0.3, -0.25) is 10.2 Å². The molecule has 0 unspecified atom stereocenters. The molecule has 0 aliphatic carbocycles. The predicted molar refractivity (Wildman–Crippen MR) is 77.2 cm³/mol. The van der Waals surface area contributed by atoms with Gasteiger partial charge in [-0.1, -0.05) is 11.6 Å². The van der Waals surface area contributed by atoms with Crippen LogP contribution in [0.25, 0.3) is 0 Å². The second-order valence-corrected chi connectivity index (χ2v) is 5.03. The molecule has 0 bridgehead atoms. The van der Waals surface area contributed by atoms with Gasteiger partial charge in [0, 0.05) is 11.4 Å². The van der Waals surface area contributed by atoms with Crippen molar-refractivity contribution in [3.63, 3.8) is 0 Å². The van der Waals surface area contributed by atoms with Gasteiger partial charge in [-0.25, -0.2) is 5.84 Å². The quantitative estimate of drug-likeness (QED) is 0.350. The average molecular weight is 285 g/mol. The highest BCUT2D eigenvalue weighted by Crippen LogP contribution is 2.27. The lowest BCUT2D eigenvalue weighted by atomic mass is 10.1. The van der Waals surface area contributed by atoms with Gasteiger partial charge in [0.15, 0.2) is 0 Å². The van der Waals surface area contributed by atoms with Gasteiger partial charge in [-0.2, -0.15) is 0 Å². The summed E-state index contributed by atoms with van der Waals surface area (Å²) < 4.78 is 5.77. The molecular formula is C14H21ClN2O2. The summed E-state index contributed by atoms with van der Waals surface area (Å²) in [6, 6.07) is 3.80. The van der Waals surface area contributed by atoms with E-state index in [1.165, 1.54) is 0 Å². The largest absolute Gasteiger partial charge is 0.493 e. The van der Waals surface area contributed by atoms with Gasteiger partial charge in [-0.05, 0) is 56.4 Å². The monoisotopic (exact) mass is 284 g/mol. The van der Waals surface area contributed by atoms with E-state index < -0.39 is 0 Å². The molecule has 1 rings (SSSR count). The van der Waals surface area contributed by atoms with E-state index in [1.54, 1.807) is 0 Å². The molecule has 0 saturated carbocycles. The zero-order valence-corrected chi connectivity index (χ0v) is 12.2. The number of hydrazine groups is 1. The molecule has 0 aliphatic heterocycles. The van der Waals surface area contributed by atoms with Crippen molar-refractivity contribution in [2.24, 2.45) is 5.84 Å². The number of nitrogens with two attached hydrogens (primary N) is 1. The molecule has 1 amide bonds. The van der Waals surface area contributed by atoms with Gasteiger partial charge in [-0.15, -0.1) is 0 Å². The molecule has 0 atom stereocenters. The molecule has 0 spiro atoms. The van der Waals surface area contributed by atoms with E-state index in [9.17, 15) is 4.79 Å². The van der Waals surface area contributed by atoms with E-state index in [0.717, 1.165) is 41.2 Å². The molecule has 4 nitrogen and oxygen atoms in total. The Labute approximate surface area is 119 Å². The third-order valence-corrected chi connectivity index (χ3v) is 3.10. The Kier molecular flexibility index (Phi) is 6.67. The lowest BCUT2D eigenvalue weighted by molar-refractivity contribution is -0.121. The minimum atomic E-state index is -0.120. The molecule has 1 aromatic carbocycles. The molecule has 0 aliphatic rings. The minimum Gasteiger partial charge on any atom is -0.493 e. The van der Waals surface area contributed by atoms with Gasteiger partial charge in [0.05, 0.1) is 6.61 Å². The van der Waals surface area contributed by atoms with E-state index in [2.05, 4.69) is 5.43 Å². The van der Waals surface area contributed by atoms with Crippen molar-refractivity contribution in [2.75, 3.05) is 6.61 Å². The van der Waals surface area contributed by atoms with Crippen molar-refractivity contribution in [3.8, 4) is 5.75 Å². The fourth-order valence-electron chi connectivity index (χ4n) is 1.94. The molecule has 0 aromatic heterocycles. The van der Waals surface area contributed by atoms with Gasteiger partial charge < -0.3 is 4.74 Å². The molecule has 0 radical (unpaired) electrons. The first-order valence-electron chi connectivity index (χ1n) is 6.43. The molecule has 3 N–H and O–H groups in total. The molecular weight excluding hydrogens is 264 g/mol. The van der Waals surface area contributed by atoms with Gasteiger partial charge in [0.2, 0.25) is 5.91 Å². The van der Waals surface area contributed by atoms with Crippen molar-refractivity contribution >= 4 is 17.5 Å². The summed E-state index contributed by atoms with van der Waals surface area (Å²) in [6.07, 6.45) is 3.15. The zero-order valence-electron chi connectivity index (χ0n) is 11.5. The van der Waals surface area contributed by atoms with Crippen molar-refractivity contribution in [1.29, 1.82) is 0 Å². The molecule has 0 fully saturated rings. The van der Waals surface area contributed by atoms with Gasteiger partial charge in [0.1, 0.15) is 5.75 Å². The van der Waals surface area contributed by atoms with Crippen molar-refractivity contribution in [2.45, 2.75) is 39.5 Å². The number of amides is 1. The lowest BCUT2D eigenvalue weighted by Crippen LogP contribution is -2.29. The molecule has 106 valence electrons. The fraction of sp³-hybridized carbons (Fsp3) is 0.500. The topological polar surface area (TPSA) is 64.3 Å². The van der Waals surface area contributed by atoms with Crippen molar-refractivity contribution in [3.05, 3.63) is 28.3 Å². The van der Waals surface area contributed by atoms with Crippen LogP contribution in [0.2, 0.25) is 5.02 Å². The van der Waals surface area contributed by atoms with Crippen LogP contribution in [0, 0.1) is 13.8 Å². The van der Waals surface area contributed by atoms with Crippen LogP contribution in [-0.4, -0.2) is 12.5 Å². The highest BCUT2D eigenvalue weighted by Gasteiger charge is 2.05. The van der Waals surface area contributed by atoms with Crippen LogP contribution in [0.3, 0.4) is 0 Å². The van der Waals surface area contributed by atoms with Crippen LogP contribution >= 0.6 is 11.6 Å². The third-order valence-electron chi connectivity index (χ3n) is 2.88. The zero-order chi connectivity index (χ0) is 14.3. The van der Waals surface area contributed by atoms with E-state index >= 15 is 0 Å². The normalized spacial score (nSPS) is 10.3. The Morgan fingerprint density at radius 3 is 2.47 bits per heavy atom. The number of halogens is 1. The summed E-state index contributed by atoms with van der Waals surface area (Å²) in [4.78, 5) is 10.9. The predicted octanol–water partition coefficient (Wildman–Crippen LogP) is 2.89. The molecule has 0 saturated heterocycles. The minimum absolute atomic E-state index is 0.120. The number of unbranched alkanes of at least 4 members (excludes halogenated alkanes) is 2. The number of aryl methyl sites for hydroxylation is 2. The Hall–Kier alpha value is -1.26. The number of hydrogen-bond acceptors (Lipinski definition) is 3. The number of nitrogens with one attached hydrogen (secondary N) is 1. The van der Waals surface area contributed by atoms with E-state index in [-0.39, 0.29) is 5.91 Å². The first-order chi connectivity index (χ1) is 9.04. The number of carbonyl (C=O) groups is 1. The maximum Gasteiger partial charge on any atom is 0.233 e. The van der Waals surface area contributed by atoms with Gasteiger partial charge >= 0.3 is 0 Å². The summed E-state index contributed by atoms with van der Waals surface area (Å²) in [7, 11) is 0. The van der Waals surface area contributed by atoms with Crippen LogP contribution in [-0.2, 0) is 4.79 Å². The second kappa shape index (κ2) is 8.02. The van der Waals surface area contributed by atoms with Crippen LogP contribution in [0.15, 0.2) is 12.1 Å². The number of ether oxygens (including phenoxy) is 1. The summed E-state index contributed by atoms with van der Waals surface area (Å²) in [5, 5.41) is 0.732. The van der Waals surface area contributed by atoms with Crippen LogP contribution in [0.1, 0.15) is 36.8 Å². The molecule has 0 heterocycles. The summed E-state index contributed by atoms with van der Waals surface area (Å²) in [6.45, 7) is 4.62. The van der Waals surface area contributed by atoms with Crippen molar-refractivity contribution < 1.29 is 9.53 Å². The summed E-state index contributed by atoms with van der Waals surface area (Å²) in [5.41, 5.74) is 4.22. The van der Waals surface area contributed by atoms with Gasteiger partial charge in [0.25, 0.3) is 0 Å². The first-order valence-corrected chi connectivity index (χ1v) is 6.81. The van der Waals surface area contributed by atoms with Crippen molar-refractivity contribution in [1.82, 2.24) is 5.43 Å². The highest BCUT2D eigenvalue weighted by atomic mass is 35.5. The Balaban J connectivity index is 2.28. The highest BCUT2D eigenvalue weighted by molar-refractivity contribution is 6.30. The van der Waals surface area contributed by atoms with E-state index in [1.807, 2.05) is 26.0 Å². The number of carbonyl (C=O) groups excluding carboxylic acids is 1. The third kappa shape index (κ3) is 5.49. The van der Waals surface area contributed by atoms with Crippen LogP contribution in [0.5, 0.6) is 5.75 Å². The Bertz CT molecular complexity index is 412. The standard InChI is InChI=1S/C14H21ClN2O2/c1-10-8-12(15)9-11(2)14(10)19-7-5-3-4-6-13(18)17-16/h8-9H,3-7,16H2,1-2H3,(H,17,18). The Morgan fingerprint density at radius 2 is 1.89 bits per heavy atom. The summed E-state index contributed by atoms with van der Waals surface area (Å²) in [5.74, 6) is 5.79. The van der Waals surface area contributed by atoms with Crippen LogP contribution < -0.4 is 16.0 Å². The number of rotatable bonds is 7. The number of hydrogen-bond donors (Lipinski definition) is 2.